The van der Waals surface area contributed by atoms with Crippen LogP contribution in [0, 0.1) is 0 Å². The van der Waals surface area contributed by atoms with Crippen LogP contribution >= 0.6 is 0 Å². The number of aromatic nitrogens is 2. The van der Waals surface area contributed by atoms with Crippen molar-refractivity contribution in [1.82, 2.24) is 14.9 Å². The molecule has 1 atom stereocenters. The van der Waals surface area contributed by atoms with Crippen LogP contribution in [0.4, 0.5) is 5.69 Å². The van der Waals surface area contributed by atoms with E-state index in [1.165, 1.54) is 5.69 Å². The predicted molar refractivity (Wildman–Crippen MR) is 99.7 cm³/mol. The van der Waals surface area contributed by atoms with E-state index >= 15 is 0 Å². The molecule has 25 heavy (non-hydrogen) atoms. The Hall–Kier alpha value is -2.43. The molecule has 1 amide bonds. The van der Waals surface area contributed by atoms with Gasteiger partial charge in [0.2, 0.25) is 5.91 Å². The Bertz CT molecular complexity index is 702. The third-order valence-corrected chi connectivity index (χ3v) is 4.77. The Morgan fingerprint density at radius 3 is 2.92 bits per heavy atom. The van der Waals surface area contributed by atoms with E-state index in [0.29, 0.717) is 18.8 Å². The Labute approximate surface area is 149 Å². The summed E-state index contributed by atoms with van der Waals surface area (Å²) in [7, 11) is 3.59. The molecule has 0 bridgehead atoms. The molecule has 2 aromatic rings. The van der Waals surface area contributed by atoms with E-state index in [4.69, 9.17) is 4.98 Å². The first kappa shape index (κ1) is 17.4. The number of carbonyl (C=O) groups excluding carboxylic acids is 1. The van der Waals surface area contributed by atoms with Gasteiger partial charge in [0, 0.05) is 57.1 Å². The zero-order valence-electron chi connectivity index (χ0n) is 15.1. The summed E-state index contributed by atoms with van der Waals surface area (Å²) in [6.07, 6.45) is 7.26. The zero-order valence-corrected chi connectivity index (χ0v) is 15.1. The fourth-order valence-electron chi connectivity index (χ4n) is 3.32. The Morgan fingerprint density at radius 1 is 1.28 bits per heavy atom. The highest BCUT2D eigenvalue weighted by Crippen LogP contribution is 2.28. The monoisotopic (exact) mass is 338 g/mol. The van der Waals surface area contributed by atoms with Crippen molar-refractivity contribution in [2.24, 2.45) is 0 Å². The third-order valence-electron chi connectivity index (χ3n) is 4.77. The maximum atomic E-state index is 11.8. The van der Waals surface area contributed by atoms with Crippen molar-refractivity contribution in [1.29, 1.82) is 0 Å². The van der Waals surface area contributed by atoms with E-state index in [9.17, 15) is 4.79 Å². The van der Waals surface area contributed by atoms with Gasteiger partial charge < -0.3 is 9.80 Å². The Balaban J connectivity index is 1.67. The molecule has 1 aliphatic heterocycles. The second-order valence-corrected chi connectivity index (χ2v) is 6.84. The van der Waals surface area contributed by atoms with Crippen LogP contribution in [0.1, 0.15) is 36.6 Å². The van der Waals surface area contributed by atoms with Crippen molar-refractivity contribution in [3.63, 3.8) is 0 Å². The number of aryl methyl sites for hydroxylation is 1. The van der Waals surface area contributed by atoms with E-state index in [1.54, 1.807) is 19.0 Å². The molecule has 0 radical (unpaired) electrons. The van der Waals surface area contributed by atoms with Crippen LogP contribution in [0.5, 0.6) is 0 Å². The lowest BCUT2D eigenvalue weighted by molar-refractivity contribution is -0.128. The van der Waals surface area contributed by atoms with Crippen molar-refractivity contribution in [3.8, 4) is 0 Å². The van der Waals surface area contributed by atoms with Gasteiger partial charge in [0.05, 0.1) is 11.9 Å². The average molecular weight is 338 g/mol. The minimum Gasteiger partial charge on any atom is -0.370 e. The minimum absolute atomic E-state index is 0.146. The van der Waals surface area contributed by atoms with E-state index in [0.717, 1.165) is 37.3 Å². The van der Waals surface area contributed by atoms with Gasteiger partial charge in [-0.1, -0.05) is 6.07 Å². The molecule has 5 heteroatoms. The first-order valence-electron chi connectivity index (χ1n) is 8.94. The van der Waals surface area contributed by atoms with Crippen LogP contribution in [0.3, 0.4) is 0 Å². The maximum Gasteiger partial charge on any atom is 0.222 e. The number of rotatable bonds is 5. The molecule has 0 aromatic carbocycles. The van der Waals surface area contributed by atoms with Gasteiger partial charge in [-0.05, 0) is 43.5 Å². The summed E-state index contributed by atoms with van der Waals surface area (Å²) in [6.45, 7) is 2.04. The van der Waals surface area contributed by atoms with Gasteiger partial charge in [-0.25, -0.2) is 0 Å². The van der Waals surface area contributed by atoms with E-state index in [1.807, 2.05) is 24.5 Å². The van der Waals surface area contributed by atoms with Gasteiger partial charge >= 0.3 is 0 Å². The van der Waals surface area contributed by atoms with E-state index in [-0.39, 0.29) is 5.91 Å². The van der Waals surface area contributed by atoms with Gasteiger partial charge in [0.25, 0.3) is 0 Å². The maximum absolute atomic E-state index is 11.8. The van der Waals surface area contributed by atoms with E-state index in [2.05, 4.69) is 28.1 Å². The average Bonchev–Trinajstić information content (AvgIpc) is 2.67. The predicted octanol–water partition coefficient (Wildman–Crippen LogP) is 2.88. The molecular formula is C20H26N4O. The first-order valence-corrected chi connectivity index (χ1v) is 8.94. The number of amides is 1. The van der Waals surface area contributed by atoms with E-state index < -0.39 is 0 Å². The Morgan fingerprint density at radius 2 is 2.16 bits per heavy atom. The largest absolute Gasteiger partial charge is 0.370 e. The van der Waals surface area contributed by atoms with Crippen molar-refractivity contribution in [3.05, 3.63) is 54.1 Å². The lowest BCUT2D eigenvalue weighted by Gasteiger charge is -2.34. The highest BCUT2D eigenvalue weighted by molar-refractivity contribution is 5.75. The fourth-order valence-corrected chi connectivity index (χ4v) is 3.32. The molecular weight excluding hydrogens is 312 g/mol. The lowest BCUT2D eigenvalue weighted by atomic mass is 9.93. The number of piperidine rings is 1. The summed E-state index contributed by atoms with van der Waals surface area (Å²) in [5, 5.41) is 0. The molecule has 0 aliphatic carbocycles. The van der Waals surface area contributed by atoms with Gasteiger partial charge in [0.15, 0.2) is 0 Å². The summed E-state index contributed by atoms with van der Waals surface area (Å²) < 4.78 is 0. The van der Waals surface area contributed by atoms with Crippen LogP contribution in [-0.4, -0.2) is 48.0 Å². The standard InChI is InChI=1S/C20H26N4O/c1-23(2)20(25)11-10-17-7-3-9-19(22-17)16-6-5-13-24(15-16)18-8-4-12-21-14-18/h3-4,7-9,12,14,16H,5-6,10-11,13,15H2,1-2H3. The molecule has 132 valence electrons. The summed E-state index contributed by atoms with van der Waals surface area (Å²) in [5.41, 5.74) is 3.33. The second kappa shape index (κ2) is 8.10. The van der Waals surface area contributed by atoms with Crippen molar-refractivity contribution in [2.45, 2.75) is 31.6 Å². The molecule has 0 spiro atoms. The van der Waals surface area contributed by atoms with Crippen LogP contribution in [0.15, 0.2) is 42.7 Å². The molecule has 2 aromatic heterocycles. The number of anilines is 1. The zero-order chi connectivity index (χ0) is 17.6. The molecule has 1 unspecified atom stereocenters. The topological polar surface area (TPSA) is 49.3 Å². The summed E-state index contributed by atoms with van der Waals surface area (Å²) in [4.78, 5) is 24.9. The molecule has 0 N–H and O–H groups in total. The lowest BCUT2D eigenvalue weighted by Crippen LogP contribution is -2.34. The molecule has 1 aliphatic rings. The molecule has 0 saturated carbocycles. The number of pyridine rings is 2. The third kappa shape index (κ3) is 4.56. The fraction of sp³-hybridized carbons (Fsp3) is 0.450. The number of hydrogen-bond donors (Lipinski definition) is 0. The highest BCUT2D eigenvalue weighted by atomic mass is 16.2. The second-order valence-electron chi connectivity index (χ2n) is 6.84. The molecule has 1 fully saturated rings. The first-order chi connectivity index (χ1) is 12.1. The highest BCUT2D eigenvalue weighted by Gasteiger charge is 2.23. The van der Waals surface area contributed by atoms with Gasteiger partial charge in [-0.2, -0.15) is 0 Å². The van der Waals surface area contributed by atoms with Crippen molar-refractivity contribution >= 4 is 11.6 Å². The molecule has 3 rings (SSSR count). The normalized spacial score (nSPS) is 17.4. The SMILES string of the molecule is CN(C)C(=O)CCc1cccc(C2CCCN(c3cccnc3)C2)n1. The summed E-state index contributed by atoms with van der Waals surface area (Å²) >= 11 is 0. The summed E-state index contributed by atoms with van der Waals surface area (Å²) in [5.74, 6) is 0.575. The van der Waals surface area contributed by atoms with Gasteiger partial charge in [-0.3, -0.25) is 14.8 Å². The molecule has 1 saturated heterocycles. The number of nitrogens with zero attached hydrogens (tertiary/aromatic N) is 4. The summed E-state index contributed by atoms with van der Waals surface area (Å²) in [6, 6.07) is 10.3. The number of carbonyl (C=O) groups is 1. The quantitative estimate of drug-likeness (QED) is 0.841. The Kier molecular flexibility index (Phi) is 5.64. The van der Waals surface area contributed by atoms with Crippen molar-refractivity contribution in [2.75, 3.05) is 32.1 Å². The molecule has 3 heterocycles. The van der Waals surface area contributed by atoms with Crippen molar-refractivity contribution < 1.29 is 4.79 Å². The van der Waals surface area contributed by atoms with Crippen LogP contribution in [0.25, 0.3) is 0 Å². The van der Waals surface area contributed by atoms with Crippen LogP contribution in [-0.2, 0) is 11.2 Å². The number of hydrogen-bond acceptors (Lipinski definition) is 4. The minimum atomic E-state index is 0.146. The van der Waals surface area contributed by atoms with Gasteiger partial charge in [0.1, 0.15) is 0 Å². The van der Waals surface area contributed by atoms with Crippen LogP contribution in [0.2, 0.25) is 0 Å². The van der Waals surface area contributed by atoms with Gasteiger partial charge in [-0.15, -0.1) is 0 Å². The van der Waals surface area contributed by atoms with Crippen LogP contribution < -0.4 is 4.90 Å². The molecule has 5 nitrogen and oxygen atoms in total. The smallest absolute Gasteiger partial charge is 0.222 e.